The number of carbonyl (C=O) groups excluding carboxylic acids is 7. The van der Waals surface area contributed by atoms with E-state index in [4.69, 9.17) is 14.2 Å². The van der Waals surface area contributed by atoms with Gasteiger partial charge < -0.3 is 14.2 Å². The monoisotopic (exact) mass is 734 g/mol. The molecule has 0 saturated heterocycles. The van der Waals surface area contributed by atoms with E-state index in [0.717, 1.165) is 10.5 Å². The zero-order valence-corrected chi connectivity index (χ0v) is 31.1. The van der Waals surface area contributed by atoms with Gasteiger partial charge in [-0.05, 0) is 60.0 Å². The second kappa shape index (κ2) is 17.9. The van der Waals surface area contributed by atoms with Gasteiger partial charge in [0.15, 0.2) is 6.23 Å². The average molecular weight is 735 g/mol. The molecule has 0 spiro atoms. The predicted octanol–water partition coefficient (Wildman–Crippen LogP) is 7.04. The van der Waals surface area contributed by atoms with Crippen LogP contribution in [0.2, 0.25) is 0 Å². The van der Waals surface area contributed by atoms with Crippen LogP contribution >= 0.6 is 0 Å². The fraction of sp³-hybridized carbons (Fsp3) is 0.262. The van der Waals surface area contributed by atoms with Crippen molar-refractivity contribution >= 4 is 41.5 Å². The van der Waals surface area contributed by atoms with Gasteiger partial charge in [0, 0.05) is 26.7 Å². The van der Waals surface area contributed by atoms with E-state index in [0.29, 0.717) is 33.8 Å². The van der Waals surface area contributed by atoms with Crippen LogP contribution in [0.4, 0.5) is 0 Å². The summed E-state index contributed by atoms with van der Waals surface area (Å²) in [6.45, 7) is 11.5. The van der Waals surface area contributed by atoms with Crippen molar-refractivity contribution in [2.75, 3.05) is 0 Å². The molecule has 0 bridgehead atoms. The van der Waals surface area contributed by atoms with Crippen molar-refractivity contribution in [1.82, 2.24) is 9.80 Å². The van der Waals surface area contributed by atoms with Crippen LogP contribution in [0.3, 0.4) is 0 Å². The molecule has 0 fully saturated rings. The van der Waals surface area contributed by atoms with Gasteiger partial charge in [-0.1, -0.05) is 82.3 Å². The number of nitrogens with zero attached hydrogens (tertiary/aromatic N) is 2. The van der Waals surface area contributed by atoms with Gasteiger partial charge in [-0.25, -0.2) is 4.90 Å². The van der Waals surface area contributed by atoms with Crippen LogP contribution in [0.5, 0.6) is 11.5 Å². The van der Waals surface area contributed by atoms with Gasteiger partial charge in [0.05, 0.1) is 28.3 Å². The highest BCUT2D eigenvalue weighted by Crippen LogP contribution is 2.36. The summed E-state index contributed by atoms with van der Waals surface area (Å²) in [5.41, 5.74) is 2.40. The third-order valence-corrected chi connectivity index (χ3v) is 8.16. The summed E-state index contributed by atoms with van der Waals surface area (Å²) in [6, 6.07) is 29.0. The maximum absolute atomic E-state index is 12.8. The van der Waals surface area contributed by atoms with E-state index in [9.17, 15) is 33.6 Å². The number of benzene rings is 4. The van der Waals surface area contributed by atoms with Crippen molar-refractivity contribution in [2.24, 2.45) is 11.8 Å². The molecule has 6 rings (SSSR count). The molecule has 280 valence electrons. The van der Waals surface area contributed by atoms with Crippen molar-refractivity contribution in [1.29, 1.82) is 0 Å². The van der Waals surface area contributed by atoms with Crippen LogP contribution in [-0.2, 0) is 19.1 Å². The number of hydrogen-bond acceptors (Lipinski definition) is 10. The van der Waals surface area contributed by atoms with Crippen molar-refractivity contribution in [3.05, 3.63) is 131 Å². The molecule has 12 nitrogen and oxygen atoms in total. The summed E-state index contributed by atoms with van der Waals surface area (Å²) in [4.78, 5) is 85.0. The van der Waals surface area contributed by atoms with Crippen LogP contribution < -0.4 is 9.47 Å². The number of ether oxygens (including phenoxy) is 3. The molecule has 4 aromatic carbocycles. The number of imide groups is 2. The average Bonchev–Trinajstić information content (AvgIpc) is 3.52. The number of carbonyl (C=O) groups is 7. The summed E-state index contributed by atoms with van der Waals surface area (Å²) < 4.78 is 14.9. The lowest BCUT2D eigenvalue weighted by Gasteiger charge is -2.30. The molecule has 4 amide bonds. The highest BCUT2D eigenvalue weighted by atomic mass is 16.6. The number of esters is 3. The van der Waals surface area contributed by atoms with Gasteiger partial charge in [-0.2, -0.15) is 0 Å². The Morgan fingerprint density at radius 1 is 0.463 bits per heavy atom. The lowest BCUT2D eigenvalue weighted by atomic mass is 9.94. The molecule has 4 aromatic rings. The largest absolute Gasteiger partial charge is 0.441 e. The topological polar surface area (TPSA) is 154 Å². The Hall–Kier alpha value is -6.43. The Balaban J connectivity index is 0.000000197. The molecule has 0 aliphatic carbocycles. The Morgan fingerprint density at radius 2 is 0.833 bits per heavy atom. The standard InChI is InChI=1S/C20H19NO4.C14H15NO4.C8H8O2/c1-12(2)18(14-8-10-15(11-9-14)25-13(3)22)21-19(23)16-6-4-5-7-17(16)20(21)24;1-8(2)14(19-9(3)16)15-12(17)10-6-4-5-7-11(10)13(15)18;1-7(9)10-8-5-3-2-4-6-8/h4-12,18H,1-3H3;4-8,14H,1-3H3;2-6H,1H3. The van der Waals surface area contributed by atoms with E-state index in [2.05, 4.69) is 0 Å². The highest BCUT2D eigenvalue weighted by Gasteiger charge is 2.43. The Morgan fingerprint density at radius 3 is 1.19 bits per heavy atom. The van der Waals surface area contributed by atoms with Gasteiger partial charge in [0.1, 0.15) is 11.5 Å². The molecule has 54 heavy (non-hydrogen) atoms. The van der Waals surface area contributed by atoms with Crippen molar-refractivity contribution in [2.45, 2.75) is 60.7 Å². The third kappa shape index (κ3) is 9.51. The lowest BCUT2D eigenvalue weighted by molar-refractivity contribution is -0.155. The fourth-order valence-electron chi connectivity index (χ4n) is 5.94. The number of fused-ring (bicyclic) bond motifs is 2. The van der Waals surface area contributed by atoms with E-state index in [1.807, 2.05) is 32.0 Å². The van der Waals surface area contributed by atoms with E-state index in [1.165, 1.54) is 25.7 Å². The number of rotatable bonds is 8. The molecular weight excluding hydrogens is 692 g/mol. The Kier molecular flexibility index (Phi) is 13.3. The molecule has 0 saturated carbocycles. The highest BCUT2D eigenvalue weighted by molar-refractivity contribution is 6.22. The molecule has 2 aliphatic rings. The first-order chi connectivity index (χ1) is 25.6. The van der Waals surface area contributed by atoms with Crippen molar-refractivity contribution in [3.8, 4) is 11.5 Å². The van der Waals surface area contributed by atoms with E-state index < -0.39 is 36.0 Å². The first-order valence-corrected chi connectivity index (χ1v) is 17.2. The van der Waals surface area contributed by atoms with Crippen LogP contribution in [0, 0.1) is 11.8 Å². The quantitative estimate of drug-likeness (QED) is 0.105. The first kappa shape index (κ1) is 40.3. The fourth-order valence-corrected chi connectivity index (χ4v) is 5.94. The predicted molar refractivity (Wildman–Crippen MR) is 197 cm³/mol. The van der Waals surface area contributed by atoms with E-state index >= 15 is 0 Å². The summed E-state index contributed by atoms with van der Waals surface area (Å²) in [5.74, 6) is -1.70. The zero-order valence-electron chi connectivity index (χ0n) is 31.1. The number of hydrogen-bond donors (Lipinski definition) is 0. The minimum absolute atomic E-state index is 0.0294. The van der Waals surface area contributed by atoms with Crippen LogP contribution in [0.15, 0.2) is 103 Å². The molecule has 2 unspecified atom stereocenters. The minimum atomic E-state index is -0.870. The summed E-state index contributed by atoms with van der Waals surface area (Å²) in [5, 5.41) is 0. The van der Waals surface area contributed by atoms with E-state index in [-0.39, 0.29) is 29.6 Å². The summed E-state index contributed by atoms with van der Waals surface area (Å²) in [7, 11) is 0. The summed E-state index contributed by atoms with van der Waals surface area (Å²) >= 11 is 0. The molecule has 2 atom stereocenters. The van der Waals surface area contributed by atoms with Crippen LogP contribution in [0.25, 0.3) is 0 Å². The molecule has 0 N–H and O–H groups in total. The third-order valence-electron chi connectivity index (χ3n) is 8.16. The lowest BCUT2D eigenvalue weighted by Crippen LogP contribution is -2.45. The Bertz CT molecular complexity index is 1970. The molecule has 12 heteroatoms. The van der Waals surface area contributed by atoms with Crippen LogP contribution in [-0.4, -0.2) is 57.6 Å². The second-order valence-corrected chi connectivity index (χ2v) is 13.1. The maximum atomic E-state index is 12.8. The van der Waals surface area contributed by atoms with Gasteiger partial charge in [-0.3, -0.25) is 38.5 Å². The molecule has 0 radical (unpaired) electrons. The molecule has 2 heterocycles. The Labute approximate surface area is 313 Å². The SMILES string of the molecule is CC(=O)OC(C(C)C)N1C(=O)c2ccccc2C1=O.CC(=O)Oc1ccc(C(C(C)C)N2C(=O)c3ccccc3C2=O)cc1.CC(=O)Oc1ccccc1. The van der Waals surface area contributed by atoms with Crippen molar-refractivity contribution in [3.63, 3.8) is 0 Å². The normalized spacial score (nSPS) is 13.9. The molecular formula is C42H42N2O10. The summed E-state index contributed by atoms with van der Waals surface area (Å²) in [6.07, 6.45) is -0.870. The maximum Gasteiger partial charge on any atom is 0.308 e. The smallest absolute Gasteiger partial charge is 0.308 e. The zero-order chi connectivity index (χ0) is 39.7. The van der Waals surface area contributed by atoms with Crippen LogP contribution in [0.1, 0.15) is 102 Å². The van der Waals surface area contributed by atoms with Gasteiger partial charge >= 0.3 is 17.9 Å². The van der Waals surface area contributed by atoms with Gasteiger partial charge in [-0.15, -0.1) is 0 Å². The number of para-hydroxylation sites is 1. The van der Waals surface area contributed by atoms with Gasteiger partial charge in [0.2, 0.25) is 0 Å². The molecule has 0 aromatic heterocycles. The van der Waals surface area contributed by atoms with Crippen molar-refractivity contribution < 1.29 is 47.8 Å². The minimum Gasteiger partial charge on any atom is -0.441 e. The first-order valence-electron chi connectivity index (χ1n) is 17.2. The number of amides is 4. The second-order valence-electron chi connectivity index (χ2n) is 13.1. The van der Waals surface area contributed by atoms with Gasteiger partial charge in [0.25, 0.3) is 23.6 Å². The molecule has 2 aliphatic heterocycles. The van der Waals surface area contributed by atoms with E-state index in [1.54, 1.807) is 98.8 Å².